The molecule has 2 heterocycles. The highest BCUT2D eigenvalue weighted by molar-refractivity contribution is 9.10. The lowest BCUT2D eigenvalue weighted by molar-refractivity contribution is 0.179. The van der Waals surface area contributed by atoms with Crippen molar-refractivity contribution in [2.75, 3.05) is 0 Å². The van der Waals surface area contributed by atoms with Gasteiger partial charge >= 0.3 is 0 Å². The Balaban J connectivity index is 2.14. The summed E-state index contributed by atoms with van der Waals surface area (Å²) in [5, 5.41) is 12.2. The van der Waals surface area contributed by atoms with E-state index in [2.05, 4.69) is 41.9 Å². The van der Waals surface area contributed by atoms with Gasteiger partial charge in [0.2, 0.25) is 0 Å². The predicted octanol–water partition coefficient (Wildman–Crippen LogP) is 4.47. The number of hydrogen-bond acceptors (Lipinski definition) is 3. The molecule has 2 aromatic rings. The summed E-state index contributed by atoms with van der Waals surface area (Å²) >= 11 is 6.86. The van der Waals surface area contributed by atoms with Crippen LogP contribution in [0.2, 0.25) is 0 Å². The number of halogens is 1. The monoisotopic (exact) mass is 316 g/mol. The van der Waals surface area contributed by atoms with Crippen LogP contribution in [0.1, 0.15) is 26.3 Å². The molecule has 16 heavy (non-hydrogen) atoms. The van der Waals surface area contributed by atoms with Crippen molar-refractivity contribution < 1.29 is 5.11 Å². The molecular formula is C12H13BrOS2. The van der Waals surface area contributed by atoms with Crippen LogP contribution < -0.4 is 0 Å². The highest BCUT2D eigenvalue weighted by Gasteiger charge is 2.14. The van der Waals surface area contributed by atoms with E-state index in [0.717, 1.165) is 10.0 Å². The summed E-state index contributed by atoms with van der Waals surface area (Å²) in [5.41, 5.74) is 1.08. The van der Waals surface area contributed by atoms with Gasteiger partial charge in [0.05, 0.1) is 6.10 Å². The largest absolute Gasteiger partial charge is 0.388 e. The van der Waals surface area contributed by atoms with Gasteiger partial charge in [-0.25, -0.2) is 0 Å². The Kier molecular flexibility index (Phi) is 3.85. The second-order valence-corrected chi connectivity index (χ2v) is 7.19. The molecule has 2 aromatic heterocycles. The lowest BCUT2D eigenvalue weighted by atomic mass is 10.1. The second kappa shape index (κ2) is 5.00. The summed E-state index contributed by atoms with van der Waals surface area (Å²) < 4.78 is 1.10. The van der Waals surface area contributed by atoms with E-state index in [1.165, 1.54) is 14.6 Å². The van der Waals surface area contributed by atoms with Crippen molar-refractivity contribution in [1.29, 1.82) is 0 Å². The standard InChI is InChI=1S/C12H13BrOS2/c1-7-3-11(8(2)16-7)12(14)5-10-4-9(13)6-15-10/h3-4,6,12,14H,5H2,1-2H3. The Bertz CT molecular complexity index is 487. The molecule has 2 rings (SSSR count). The predicted molar refractivity (Wildman–Crippen MR) is 74.5 cm³/mol. The zero-order valence-corrected chi connectivity index (χ0v) is 12.4. The third-order valence-electron chi connectivity index (χ3n) is 2.45. The van der Waals surface area contributed by atoms with Crippen LogP contribution in [0.15, 0.2) is 22.0 Å². The van der Waals surface area contributed by atoms with Crippen molar-refractivity contribution in [1.82, 2.24) is 0 Å². The average molecular weight is 317 g/mol. The first-order chi connectivity index (χ1) is 7.56. The molecule has 0 radical (unpaired) electrons. The maximum Gasteiger partial charge on any atom is 0.0848 e. The minimum Gasteiger partial charge on any atom is -0.388 e. The number of aliphatic hydroxyl groups is 1. The molecule has 1 N–H and O–H groups in total. The maximum atomic E-state index is 10.2. The molecule has 0 spiro atoms. The van der Waals surface area contributed by atoms with Crippen molar-refractivity contribution in [3.05, 3.63) is 42.2 Å². The van der Waals surface area contributed by atoms with Gasteiger partial charge in [-0.2, -0.15) is 0 Å². The summed E-state index contributed by atoms with van der Waals surface area (Å²) in [6.45, 7) is 4.15. The molecule has 0 aliphatic rings. The van der Waals surface area contributed by atoms with Crippen LogP contribution >= 0.6 is 38.6 Å². The molecular weight excluding hydrogens is 304 g/mol. The molecule has 0 aliphatic carbocycles. The molecule has 0 aliphatic heterocycles. The van der Waals surface area contributed by atoms with E-state index in [-0.39, 0.29) is 6.10 Å². The van der Waals surface area contributed by atoms with Gasteiger partial charge in [0, 0.05) is 30.9 Å². The molecule has 0 saturated carbocycles. The van der Waals surface area contributed by atoms with Crippen molar-refractivity contribution >= 4 is 38.6 Å². The first-order valence-corrected chi connectivity index (χ1v) is 7.53. The smallest absolute Gasteiger partial charge is 0.0848 e. The van der Waals surface area contributed by atoms with Crippen molar-refractivity contribution in [2.24, 2.45) is 0 Å². The van der Waals surface area contributed by atoms with Crippen LogP contribution in [0, 0.1) is 13.8 Å². The lowest BCUT2D eigenvalue weighted by Crippen LogP contribution is -2.00. The summed E-state index contributed by atoms with van der Waals surface area (Å²) in [6, 6.07) is 4.16. The molecule has 0 bridgehead atoms. The second-order valence-electron chi connectivity index (χ2n) is 3.82. The third-order valence-corrected chi connectivity index (χ3v) is 5.16. The molecule has 1 unspecified atom stereocenters. The summed E-state index contributed by atoms with van der Waals surface area (Å²) in [7, 11) is 0. The van der Waals surface area contributed by atoms with Gasteiger partial charge in [0.25, 0.3) is 0 Å². The van der Waals surface area contributed by atoms with Gasteiger partial charge in [-0.3, -0.25) is 0 Å². The van der Waals surface area contributed by atoms with E-state index in [0.29, 0.717) is 6.42 Å². The quantitative estimate of drug-likeness (QED) is 0.886. The molecule has 86 valence electrons. The van der Waals surface area contributed by atoms with Crippen LogP contribution in [0.5, 0.6) is 0 Å². The topological polar surface area (TPSA) is 20.2 Å². The molecule has 0 amide bonds. The molecule has 0 saturated heterocycles. The minimum absolute atomic E-state index is 0.379. The fraction of sp³-hybridized carbons (Fsp3) is 0.333. The molecule has 1 atom stereocenters. The van der Waals surface area contributed by atoms with Crippen LogP contribution in [0.25, 0.3) is 0 Å². The number of rotatable bonds is 3. The van der Waals surface area contributed by atoms with Gasteiger partial charge in [-0.1, -0.05) is 0 Å². The van der Waals surface area contributed by atoms with Gasteiger partial charge in [0.15, 0.2) is 0 Å². The van der Waals surface area contributed by atoms with Gasteiger partial charge in [-0.15, -0.1) is 22.7 Å². The fourth-order valence-corrected chi connectivity index (χ4v) is 4.21. The lowest BCUT2D eigenvalue weighted by Gasteiger charge is -2.08. The van der Waals surface area contributed by atoms with Crippen molar-refractivity contribution in [3.8, 4) is 0 Å². The van der Waals surface area contributed by atoms with E-state index in [1.807, 2.05) is 5.38 Å². The zero-order chi connectivity index (χ0) is 11.7. The Morgan fingerprint density at radius 3 is 2.62 bits per heavy atom. The molecule has 4 heteroatoms. The summed E-state index contributed by atoms with van der Waals surface area (Å²) in [6.07, 6.45) is 0.322. The van der Waals surface area contributed by atoms with E-state index >= 15 is 0 Å². The van der Waals surface area contributed by atoms with E-state index in [4.69, 9.17) is 0 Å². The summed E-state index contributed by atoms with van der Waals surface area (Å²) in [4.78, 5) is 3.70. The Morgan fingerprint density at radius 2 is 2.12 bits per heavy atom. The van der Waals surface area contributed by atoms with Crippen molar-refractivity contribution in [3.63, 3.8) is 0 Å². The number of aliphatic hydroxyl groups excluding tert-OH is 1. The number of aryl methyl sites for hydroxylation is 2. The molecule has 0 aromatic carbocycles. The SMILES string of the molecule is Cc1cc(C(O)Cc2cc(Br)cs2)c(C)s1. The van der Waals surface area contributed by atoms with Crippen molar-refractivity contribution in [2.45, 2.75) is 26.4 Å². The Morgan fingerprint density at radius 1 is 1.38 bits per heavy atom. The van der Waals surface area contributed by atoms with Crippen LogP contribution in [-0.4, -0.2) is 5.11 Å². The first kappa shape index (κ1) is 12.3. The van der Waals surface area contributed by atoms with Gasteiger partial charge < -0.3 is 5.11 Å². The third kappa shape index (κ3) is 2.74. The van der Waals surface area contributed by atoms with E-state index in [1.54, 1.807) is 22.7 Å². The molecule has 1 nitrogen and oxygen atoms in total. The number of thiophene rings is 2. The van der Waals surface area contributed by atoms with Crippen LogP contribution in [0.3, 0.4) is 0 Å². The highest BCUT2D eigenvalue weighted by Crippen LogP contribution is 2.30. The average Bonchev–Trinajstić information content (AvgIpc) is 2.73. The van der Waals surface area contributed by atoms with Crippen LogP contribution in [-0.2, 0) is 6.42 Å². The maximum absolute atomic E-state index is 10.2. The normalized spacial score (nSPS) is 13.0. The zero-order valence-electron chi connectivity index (χ0n) is 9.16. The fourth-order valence-electron chi connectivity index (χ4n) is 1.74. The number of hydrogen-bond donors (Lipinski definition) is 1. The highest BCUT2D eigenvalue weighted by atomic mass is 79.9. The summed E-state index contributed by atoms with van der Waals surface area (Å²) in [5.74, 6) is 0. The Labute approximate surface area is 112 Å². The van der Waals surface area contributed by atoms with E-state index in [9.17, 15) is 5.11 Å². The van der Waals surface area contributed by atoms with Gasteiger partial charge in [-0.05, 0) is 47.5 Å². The van der Waals surface area contributed by atoms with Crippen LogP contribution in [0.4, 0.5) is 0 Å². The Hall–Kier alpha value is -0.160. The first-order valence-electron chi connectivity index (χ1n) is 5.04. The minimum atomic E-state index is -0.379. The van der Waals surface area contributed by atoms with E-state index < -0.39 is 0 Å². The molecule has 0 fully saturated rings. The van der Waals surface area contributed by atoms with Gasteiger partial charge in [0.1, 0.15) is 0 Å².